The summed E-state index contributed by atoms with van der Waals surface area (Å²) in [5.41, 5.74) is -0.698. The van der Waals surface area contributed by atoms with Crippen molar-refractivity contribution < 1.29 is 32.4 Å². The molecule has 0 unspecified atom stereocenters. The molecule has 0 saturated heterocycles. The van der Waals surface area contributed by atoms with Crippen LogP contribution in [0.15, 0.2) is 53.6 Å². The average Bonchev–Trinajstić information content (AvgIpc) is 3.32. The van der Waals surface area contributed by atoms with Gasteiger partial charge in [-0.1, -0.05) is 109 Å². The third kappa shape index (κ3) is 47.9. The highest BCUT2D eigenvalue weighted by molar-refractivity contribution is 8.77. The highest BCUT2D eigenvalue weighted by Gasteiger charge is 2.33. The Labute approximate surface area is 386 Å². The van der Waals surface area contributed by atoms with Gasteiger partial charge in [0, 0.05) is 63.9 Å². The number of imide groups is 1. The fraction of sp³-hybridized carbons (Fsp3) is 0.702. The molecule has 0 atom stereocenters. The van der Waals surface area contributed by atoms with Crippen LogP contribution in [0.3, 0.4) is 0 Å². The maximum absolute atomic E-state index is 11.0. The number of ketones is 1. The van der Waals surface area contributed by atoms with Crippen LogP contribution in [-0.4, -0.2) is 73.8 Å². The molecule has 1 aromatic rings. The molecular formula is C47H96N4O7S3. The number of rotatable bonds is 4. The number of Topliss-reactive ketones (excluding diaryl/α,β-unsaturated/α-hetero) is 1. The molecule has 2 heterocycles. The van der Waals surface area contributed by atoms with E-state index in [4.69, 9.17) is 0 Å². The van der Waals surface area contributed by atoms with E-state index in [2.05, 4.69) is 43.0 Å². The Morgan fingerprint density at radius 1 is 0.721 bits per heavy atom. The van der Waals surface area contributed by atoms with Gasteiger partial charge < -0.3 is 10.6 Å². The van der Waals surface area contributed by atoms with Crippen molar-refractivity contribution in [2.75, 3.05) is 0 Å². The van der Waals surface area contributed by atoms with Crippen LogP contribution < -0.4 is 10.6 Å². The molecule has 2 N–H and O–H groups in total. The predicted molar refractivity (Wildman–Crippen MR) is 273 cm³/mol. The van der Waals surface area contributed by atoms with E-state index in [9.17, 15) is 32.4 Å². The quantitative estimate of drug-likeness (QED) is 0.220. The maximum atomic E-state index is 11.0. The van der Waals surface area contributed by atoms with Gasteiger partial charge >= 0.3 is 0 Å². The first kappa shape index (κ1) is 78.5. The molecule has 14 heteroatoms. The van der Waals surface area contributed by atoms with Gasteiger partial charge in [0.05, 0.1) is 4.75 Å². The molecule has 0 spiro atoms. The van der Waals surface area contributed by atoms with Gasteiger partial charge in [-0.15, -0.1) is 0 Å². The van der Waals surface area contributed by atoms with Gasteiger partial charge in [0.15, 0.2) is 9.84 Å². The molecular weight excluding hydrogens is 829 g/mol. The highest BCUT2D eigenvalue weighted by Crippen LogP contribution is 2.39. The van der Waals surface area contributed by atoms with E-state index in [0.717, 1.165) is 10.4 Å². The van der Waals surface area contributed by atoms with Gasteiger partial charge in [0.1, 0.15) is 10.8 Å². The fourth-order valence-electron chi connectivity index (χ4n) is 2.91. The first-order valence-electron chi connectivity index (χ1n) is 18.4. The van der Waals surface area contributed by atoms with Crippen molar-refractivity contribution in [1.82, 2.24) is 20.5 Å². The number of sulfone groups is 1. The number of carbonyl (C=O) groups excluding carboxylic acids is 5. The first-order chi connectivity index (χ1) is 24.6. The van der Waals surface area contributed by atoms with Crippen LogP contribution in [-0.2, 0) is 33.8 Å². The number of carbonyl (C=O) groups is 5. The molecule has 1 aliphatic heterocycles. The Bertz CT molecular complexity index is 1500. The number of hydrogen-bond donors (Lipinski definition) is 2. The summed E-state index contributed by atoms with van der Waals surface area (Å²) in [5.74, 6) is -0.0579. The molecule has 0 fully saturated rings. The SMILES string of the molecule is C.C.C.C.C.C=CS(=O)(=O)C(C)(C)C.CC(=O)C(C)(C)C.CC(=O)NC(C)(C)C.CC(C)(C)N1C(=O)C=CC1=O.CC(C)(C)SSc1ccccn1.CCC(=O)NC(C)(C)C. The zero-order valence-corrected chi connectivity index (χ0v) is 40.9. The zero-order valence-electron chi connectivity index (χ0n) is 38.4. The Hall–Kier alpha value is -2.97. The summed E-state index contributed by atoms with van der Waals surface area (Å²) in [7, 11) is 0.502. The zero-order chi connectivity index (χ0) is 45.7. The lowest BCUT2D eigenvalue weighted by molar-refractivity contribution is -0.142. The summed E-state index contributed by atoms with van der Waals surface area (Å²) in [6.07, 6.45) is 4.99. The molecule has 11 nitrogen and oxygen atoms in total. The van der Waals surface area contributed by atoms with Crippen LogP contribution in [0, 0.1) is 5.41 Å². The Kier molecular flexibility index (Phi) is 43.2. The number of pyridine rings is 1. The van der Waals surface area contributed by atoms with Crippen molar-refractivity contribution >= 4 is 60.8 Å². The average molecular weight is 926 g/mol. The second-order valence-corrected chi connectivity index (χ2v) is 24.3. The number of hydrogen-bond acceptors (Lipinski definition) is 10. The summed E-state index contributed by atoms with van der Waals surface area (Å²) in [5, 5.41) is 7.65. The minimum atomic E-state index is -3.07. The molecule has 1 aromatic heterocycles. The summed E-state index contributed by atoms with van der Waals surface area (Å²) < 4.78 is 21.4. The molecule has 61 heavy (non-hydrogen) atoms. The Morgan fingerprint density at radius 2 is 1.10 bits per heavy atom. The highest BCUT2D eigenvalue weighted by atomic mass is 33.1. The van der Waals surface area contributed by atoms with Gasteiger partial charge in [-0.25, -0.2) is 13.4 Å². The van der Waals surface area contributed by atoms with Gasteiger partial charge in [-0.2, -0.15) is 0 Å². The summed E-state index contributed by atoms with van der Waals surface area (Å²) in [6.45, 7) is 42.7. The Morgan fingerprint density at radius 3 is 1.25 bits per heavy atom. The van der Waals surface area contributed by atoms with Crippen LogP contribution >= 0.6 is 21.6 Å². The van der Waals surface area contributed by atoms with Crippen molar-refractivity contribution in [3.05, 3.63) is 48.5 Å². The van der Waals surface area contributed by atoms with Crippen LogP contribution in [0.25, 0.3) is 0 Å². The lowest BCUT2D eigenvalue weighted by Crippen LogP contribution is -2.45. The summed E-state index contributed by atoms with van der Waals surface area (Å²) in [6, 6.07) is 5.98. The molecule has 0 aromatic carbocycles. The molecule has 0 aliphatic carbocycles. The smallest absolute Gasteiger partial charge is 0.254 e. The van der Waals surface area contributed by atoms with E-state index in [1.807, 2.05) is 125 Å². The van der Waals surface area contributed by atoms with Gasteiger partial charge in [-0.05, 0) is 113 Å². The molecule has 2 rings (SSSR count). The monoisotopic (exact) mass is 925 g/mol. The molecule has 1 aliphatic rings. The van der Waals surface area contributed by atoms with Gasteiger partial charge in [-0.3, -0.25) is 28.9 Å². The fourth-order valence-corrected chi connectivity index (χ4v) is 5.29. The number of nitrogens with one attached hydrogen (secondary N) is 2. The minimum Gasteiger partial charge on any atom is -0.352 e. The van der Waals surface area contributed by atoms with Crippen LogP contribution in [0.5, 0.6) is 0 Å². The molecule has 364 valence electrons. The number of aromatic nitrogens is 1. The molecule has 0 radical (unpaired) electrons. The van der Waals surface area contributed by atoms with Crippen LogP contribution in [0.2, 0.25) is 0 Å². The first-order valence-corrected chi connectivity index (χ1v) is 22.1. The second kappa shape index (κ2) is 33.6. The van der Waals surface area contributed by atoms with Crippen molar-refractivity contribution in [2.24, 2.45) is 5.41 Å². The van der Waals surface area contributed by atoms with E-state index < -0.39 is 20.1 Å². The maximum Gasteiger partial charge on any atom is 0.254 e. The molecule has 0 saturated carbocycles. The van der Waals surface area contributed by atoms with E-state index in [0.29, 0.717) is 11.2 Å². The normalized spacial score (nSPS) is 11.9. The van der Waals surface area contributed by atoms with Crippen molar-refractivity contribution in [2.45, 2.75) is 220 Å². The molecule has 4 amide bonds. The van der Waals surface area contributed by atoms with E-state index in [1.54, 1.807) is 38.5 Å². The third-order valence-electron chi connectivity index (χ3n) is 6.01. The Balaban J connectivity index is -0.0000000755. The van der Waals surface area contributed by atoms with E-state index in [1.165, 1.54) is 24.0 Å². The van der Waals surface area contributed by atoms with Gasteiger partial charge in [0.25, 0.3) is 11.8 Å². The number of nitrogens with zero attached hydrogens (tertiary/aromatic N) is 2. The molecule has 0 bridgehead atoms. The van der Waals surface area contributed by atoms with E-state index >= 15 is 0 Å². The standard InChI is InChI=1S/C9H13NS2.C8H11NO2.C7H15NO.C6H13NO.C6H12O2S.C6H12O.5CH4/c1-9(2,3)12-11-8-6-4-5-7-10-8;1-8(2,3)9-6(10)4-5-7(9)11;1-5-6(9)8-7(2,3)4;1-5(8)7-6(2,3)4;1-5-9(7,8)6(2,3)4;1-5(7)6(2,3)4;;;;;/h4-7H,1-3H3;4-5H,1-3H3;5H2,1-4H3,(H,8,9);1-4H3,(H,7,8);5H,1H2,2-4H3;1-4H3;5*1H4. The van der Waals surface area contributed by atoms with Gasteiger partial charge in [0.2, 0.25) is 11.8 Å². The van der Waals surface area contributed by atoms with E-state index in [-0.39, 0.29) is 83.0 Å². The predicted octanol–water partition coefficient (Wildman–Crippen LogP) is 12.7. The van der Waals surface area contributed by atoms with Crippen molar-refractivity contribution in [3.63, 3.8) is 0 Å². The lowest BCUT2D eigenvalue weighted by Gasteiger charge is -2.29. The summed E-state index contributed by atoms with van der Waals surface area (Å²) >= 11 is 0. The van der Waals surface area contributed by atoms with Crippen molar-refractivity contribution in [1.29, 1.82) is 0 Å². The van der Waals surface area contributed by atoms with Crippen LogP contribution in [0.1, 0.15) is 189 Å². The number of amides is 4. The third-order valence-corrected chi connectivity index (χ3v) is 11.4. The van der Waals surface area contributed by atoms with Crippen molar-refractivity contribution in [3.8, 4) is 0 Å². The largest absolute Gasteiger partial charge is 0.352 e. The minimum absolute atomic E-state index is 0. The second-order valence-electron chi connectivity index (χ2n) is 18.7. The topological polar surface area (TPSA) is 160 Å². The lowest BCUT2D eigenvalue weighted by atomic mass is 9.92. The summed E-state index contributed by atoms with van der Waals surface area (Å²) in [4.78, 5) is 59.1. The van der Waals surface area contributed by atoms with Crippen LogP contribution in [0.4, 0.5) is 0 Å².